The van der Waals surface area contributed by atoms with E-state index in [9.17, 15) is 0 Å². The number of hydrogen-bond donors (Lipinski definition) is 1. The van der Waals surface area contributed by atoms with Crippen LogP contribution in [0.25, 0.3) is 23.0 Å². The average Bonchev–Trinajstić information content (AvgIpc) is 2.97. The molecule has 3 aromatic rings. The molecule has 96 valence electrons. The third-order valence-corrected chi connectivity index (χ3v) is 2.65. The summed E-state index contributed by atoms with van der Waals surface area (Å²) in [6, 6.07) is 12.4. The van der Waals surface area contributed by atoms with Crippen LogP contribution >= 0.6 is 0 Å². The molecular formula is C14H9N5O. The number of nitrogens with zero attached hydrogens (tertiary/aromatic N) is 4. The van der Waals surface area contributed by atoms with Gasteiger partial charge in [0.1, 0.15) is 5.69 Å². The summed E-state index contributed by atoms with van der Waals surface area (Å²) in [5.74, 6) is 0.691. The van der Waals surface area contributed by atoms with Crippen molar-refractivity contribution in [2.75, 3.05) is 5.73 Å². The van der Waals surface area contributed by atoms with Gasteiger partial charge in [-0.05, 0) is 30.3 Å². The molecule has 0 radical (unpaired) electrons. The number of anilines is 1. The van der Waals surface area contributed by atoms with Gasteiger partial charge in [0.05, 0.1) is 11.6 Å². The van der Waals surface area contributed by atoms with E-state index in [1.54, 1.807) is 30.5 Å². The van der Waals surface area contributed by atoms with E-state index in [4.69, 9.17) is 15.5 Å². The largest absolute Gasteiger partial charge is 0.399 e. The molecule has 2 N–H and O–H groups in total. The van der Waals surface area contributed by atoms with E-state index < -0.39 is 0 Å². The number of nitrogens with two attached hydrogens (primary N) is 1. The molecule has 0 atom stereocenters. The van der Waals surface area contributed by atoms with Crippen molar-refractivity contribution in [3.8, 4) is 29.0 Å². The number of aromatic nitrogens is 3. The highest BCUT2D eigenvalue weighted by atomic mass is 16.5. The van der Waals surface area contributed by atoms with Crippen molar-refractivity contribution >= 4 is 5.69 Å². The van der Waals surface area contributed by atoms with Gasteiger partial charge in [0.25, 0.3) is 5.89 Å². The van der Waals surface area contributed by atoms with Crippen molar-refractivity contribution in [1.29, 1.82) is 5.26 Å². The Morgan fingerprint density at radius 1 is 1.20 bits per heavy atom. The molecule has 0 fully saturated rings. The predicted molar refractivity (Wildman–Crippen MR) is 72.1 cm³/mol. The third kappa shape index (κ3) is 2.20. The highest BCUT2D eigenvalue weighted by molar-refractivity contribution is 5.64. The third-order valence-electron chi connectivity index (χ3n) is 2.65. The molecule has 2 aromatic heterocycles. The van der Waals surface area contributed by atoms with Crippen molar-refractivity contribution in [1.82, 2.24) is 15.1 Å². The SMILES string of the molecule is N#Cc1cc(N)cc(-c2nc(-c3ccccn3)no2)c1. The van der Waals surface area contributed by atoms with E-state index in [1.165, 1.54) is 0 Å². The molecule has 0 saturated carbocycles. The molecule has 0 spiro atoms. The second kappa shape index (κ2) is 4.82. The maximum atomic E-state index is 8.93. The molecular weight excluding hydrogens is 254 g/mol. The van der Waals surface area contributed by atoms with Crippen LogP contribution in [-0.4, -0.2) is 15.1 Å². The molecule has 0 bridgehead atoms. The molecule has 0 aliphatic heterocycles. The summed E-state index contributed by atoms with van der Waals surface area (Å²) in [5.41, 5.74) is 7.87. The van der Waals surface area contributed by atoms with Crippen LogP contribution in [0.4, 0.5) is 5.69 Å². The smallest absolute Gasteiger partial charge is 0.258 e. The molecule has 3 rings (SSSR count). The Morgan fingerprint density at radius 2 is 2.10 bits per heavy atom. The van der Waals surface area contributed by atoms with Gasteiger partial charge in [0.15, 0.2) is 0 Å². The molecule has 0 aliphatic rings. The maximum Gasteiger partial charge on any atom is 0.258 e. The summed E-state index contributed by atoms with van der Waals surface area (Å²) in [5, 5.41) is 12.8. The Morgan fingerprint density at radius 3 is 2.85 bits per heavy atom. The first-order valence-corrected chi connectivity index (χ1v) is 5.82. The number of rotatable bonds is 2. The van der Waals surface area contributed by atoms with Crippen LogP contribution in [0.15, 0.2) is 47.1 Å². The fraction of sp³-hybridized carbons (Fsp3) is 0. The number of nitrogen functional groups attached to an aromatic ring is 1. The predicted octanol–water partition coefficient (Wildman–Crippen LogP) is 2.25. The van der Waals surface area contributed by atoms with Crippen LogP contribution in [0.5, 0.6) is 0 Å². The monoisotopic (exact) mass is 263 g/mol. The number of nitriles is 1. The lowest BCUT2D eigenvalue weighted by molar-refractivity contribution is 0.432. The van der Waals surface area contributed by atoms with Gasteiger partial charge in [-0.15, -0.1) is 0 Å². The Kier molecular flexibility index (Phi) is 2.86. The second-order valence-corrected chi connectivity index (χ2v) is 4.09. The molecule has 0 amide bonds. The summed E-state index contributed by atoms with van der Waals surface area (Å²) in [6.07, 6.45) is 1.65. The van der Waals surface area contributed by atoms with Gasteiger partial charge >= 0.3 is 0 Å². The lowest BCUT2D eigenvalue weighted by atomic mass is 10.1. The first-order chi connectivity index (χ1) is 9.76. The Hall–Kier alpha value is -3.20. The highest BCUT2D eigenvalue weighted by Gasteiger charge is 2.12. The minimum absolute atomic E-state index is 0.300. The van der Waals surface area contributed by atoms with E-state index in [0.717, 1.165) is 0 Å². The van der Waals surface area contributed by atoms with Crippen molar-refractivity contribution in [3.63, 3.8) is 0 Å². The lowest BCUT2D eigenvalue weighted by Gasteiger charge is -1.98. The molecule has 0 unspecified atom stereocenters. The van der Waals surface area contributed by atoms with Crippen molar-refractivity contribution in [2.45, 2.75) is 0 Å². The topological polar surface area (TPSA) is 102 Å². The van der Waals surface area contributed by atoms with Crippen LogP contribution in [0.2, 0.25) is 0 Å². The highest BCUT2D eigenvalue weighted by Crippen LogP contribution is 2.24. The van der Waals surface area contributed by atoms with E-state index in [-0.39, 0.29) is 0 Å². The van der Waals surface area contributed by atoms with Crippen molar-refractivity contribution in [2.24, 2.45) is 0 Å². The number of pyridine rings is 1. The van der Waals surface area contributed by atoms with Gasteiger partial charge < -0.3 is 10.3 Å². The summed E-state index contributed by atoms with van der Waals surface area (Å²) >= 11 is 0. The number of benzene rings is 1. The Balaban J connectivity index is 2.03. The molecule has 0 saturated heterocycles. The summed E-state index contributed by atoms with van der Waals surface area (Å²) in [7, 11) is 0. The first-order valence-electron chi connectivity index (χ1n) is 5.82. The summed E-state index contributed by atoms with van der Waals surface area (Å²) in [6.45, 7) is 0. The zero-order valence-electron chi connectivity index (χ0n) is 10.3. The zero-order valence-corrected chi connectivity index (χ0v) is 10.3. The molecule has 6 nitrogen and oxygen atoms in total. The Labute approximate surface area is 114 Å². The van der Waals surface area contributed by atoms with Gasteiger partial charge in [-0.25, -0.2) is 0 Å². The molecule has 0 aliphatic carbocycles. The van der Waals surface area contributed by atoms with Crippen LogP contribution in [0.3, 0.4) is 0 Å². The van der Waals surface area contributed by atoms with Gasteiger partial charge in [0, 0.05) is 17.4 Å². The zero-order chi connectivity index (χ0) is 13.9. The average molecular weight is 263 g/mol. The summed E-state index contributed by atoms with van der Waals surface area (Å²) < 4.78 is 5.19. The fourth-order valence-electron chi connectivity index (χ4n) is 1.78. The van der Waals surface area contributed by atoms with Crippen LogP contribution in [0.1, 0.15) is 5.56 Å². The quantitative estimate of drug-likeness (QED) is 0.711. The van der Waals surface area contributed by atoms with Gasteiger partial charge in [-0.1, -0.05) is 11.2 Å². The molecule has 20 heavy (non-hydrogen) atoms. The lowest BCUT2D eigenvalue weighted by Crippen LogP contribution is -1.89. The fourth-order valence-corrected chi connectivity index (χ4v) is 1.78. The molecule has 2 heterocycles. The minimum atomic E-state index is 0.300. The normalized spacial score (nSPS) is 10.2. The van der Waals surface area contributed by atoms with Crippen molar-refractivity contribution < 1.29 is 4.52 Å². The van der Waals surface area contributed by atoms with Crippen LogP contribution in [-0.2, 0) is 0 Å². The summed E-state index contributed by atoms with van der Waals surface area (Å²) in [4.78, 5) is 8.41. The Bertz CT molecular complexity index is 789. The van der Waals surface area contributed by atoms with E-state index >= 15 is 0 Å². The van der Waals surface area contributed by atoms with Crippen molar-refractivity contribution in [3.05, 3.63) is 48.2 Å². The minimum Gasteiger partial charge on any atom is -0.399 e. The standard InChI is InChI=1S/C14H9N5O/c15-8-9-5-10(7-11(16)6-9)14-18-13(19-20-14)12-3-1-2-4-17-12/h1-7H,16H2. The van der Waals surface area contributed by atoms with Gasteiger partial charge in [-0.2, -0.15) is 10.2 Å². The van der Waals surface area contributed by atoms with E-state index in [2.05, 4.69) is 15.1 Å². The maximum absolute atomic E-state index is 8.93. The molecule has 1 aromatic carbocycles. The van der Waals surface area contributed by atoms with Crippen LogP contribution in [0, 0.1) is 11.3 Å². The van der Waals surface area contributed by atoms with Gasteiger partial charge in [-0.3, -0.25) is 4.98 Å². The molecule has 6 heteroatoms. The number of hydrogen-bond acceptors (Lipinski definition) is 6. The second-order valence-electron chi connectivity index (χ2n) is 4.09. The van der Waals surface area contributed by atoms with Gasteiger partial charge in [0.2, 0.25) is 5.82 Å². The van der Waals surface area contributed by atoms with E-state index in [0.29, 0.717) is 34.2 Å². The first kappa shape index (κ1) is 11.9. The van der Waals surface area contributed by atoms with E-state index in [1.807, 2.05) is 18.2 Å². The van der Waals surface area contributed by atoms with Crippen LogP contribution < -0.4 is 5.73 Å².